The van der Waals surface area contributed by atoms with Crippen LogP contribution in [0.25, 0.3) is 0 Å². The van der Waals surface area contributed by atoms with E-state index in [1.165, 1.54) is 0 Å². The Balaban J connectivity index is -0.0000000267. The fourth-order valence-electron chi connectivity index (χ4n) is 0. The first kappa shape index (κ1) is 22.7. The molecule has 8 heavy (non-hydrogen) atoms. The topological polar surface area (TPSA) is 80.9 Å². The van der Waals surface area contributed by atoms with Crippen LogP contribution in [0.2, 0.25) is 0 Å². The van der Waals surface area contributed by atoms with Crippen LogP contribution in [0.3, 0.4) is 0 Å². The molecule has 0 aliphatic rings. The van der Waals surface area contributed by atoms with E-state index in [2.05, 4.69) is 0 Å². The van der Waals surface area contributed by atoms with Gasteiger partial charge in [-0.2, -0.15) is 0 Å². The van der Waals surface area contributed by atoms with Crippen molar-refractivity contribution in [2.75, 3.05) is 0 Å². The average Bonchev–Trinajstić information content (AvgIpc) is 0.722. The molecular formula is H10BaBiNaO4Ti. The predicted octanol–water partition coefficient (Wildman–Crippen LogP) is -4.98. The van der Waals surface area contributed by atoms with E-state index in [0.717, 1.165) is 0 Å². The standard InChI is InChI=1S/Ba.Bi.Na.4H2O.Ti.6H/h;;;4*1H2;;;;;;;/q;;;;;;;+4;;;;;;/p-4. The van der Waals surface area contributed by atoms with Crippen LogP contribution < -0.4 is 0 Å². The van der Waals surface area contributed by atoms with Crippen LogP contribution in [0.5, 0.6) is 0 Å². The molecule has 0 fully saturated rings. The second-order valence-electron chi connectivity index (χ2n) is 0.600. The summed E-state index contributed by atoms with van der Waals surface area (Å²) in [4.78, 5) is 0. The first-order valence-corrected chi connectivity index (χ1v) is 3.69. The molecule has 8 heteroatoms. The molecule has 46 valence electrons. The van der Waals surface area contributed by atoms with E-state index < -0.39 is 18.1 Å². The van der Waals surface area contributed by atoms with Crippen molar-refractivity contribution in [3.05, 3.63) is 0 Å². The summed E-state index contributed by atoms with van der Waals surface area (Å²) >= 11 is -5.00. The molecule has 0 aromatic carbocycles. The zero-order valence-corrected chi connectivity index (χ0v) is 10.1. The zero-order valence-electron chi connectivity index (χ0n) is 3.00. The molecule has 4 N–H and O–H groups in total. The molecule has 0 radical (unpaired) electrons. The van der Waals surface area contributed by atoms with Gasteiger partial charge in [-0.15, -0.1) is 0 Å². The van der Waals surface area contributed by atoms with Gasteiger partial charge < -0.3 is 0 Å². The zero-order chi connectivity index (χ0) is 4.50. The van der Waals surface area contributed by atoms with Crippen molar-refractivity contribution in [3.63, 3.8) is 0 Å². The summed E-state index contributed by atoms with van der Waals surface area (Å²) < 4.78 is 29.5. The van der Waals surface area contributed by atoms with Crippen LogP contribution in [0.4, 0.5) is 0 Å². The first-order valence-electron chi connectivity index (χ1n) is 0.894. The summed E-state index contributed by atoms with van der Waals surface area (Å²) in [6, 6.07) is 0. The molecule has 0 amide bonds. The monoisotopic (exact) mass is 492 g/mol. The van der Waals surface area contributed by atoms with Gasteiger partial charge in [0.1, 0.15) is 0 Å². The van der Waals surface area contributed by atoms with Crippen LogP contribution in [-0.4, -0.2) is 119 Å². The van der Waals surface area contributed by atoms with E-state index >= 15 is 0 Å². The Morgan fingerprint density at radius 3 is 0.875 bits per heavy atom. The minimum absolute atomic E-state index is 0. The van der Waals surface area contributed by atoms with Crippen molar-refractivity contribution < 1.29 is 32.9 Å². The summed E-state index contributed by atoms with van der Waals surface area (Å²) in [5, 5.41) is 0. The van der Waals surface area contributed by atoms with Crippen LogP contribution in [0, 0.1) is 0 Å². The Morgan fingerprint density at radius 1 is 0.875 bits per heavy atom. The fraction of sp³-hybridized carbons (Fsp3) is 0. The SMILES string of the molecule is [BaH2].[BiH3].[NaH].[OH][Ti]([OH])([OH])[OH]. The molecular weight excluding hydrogens is 481 g/mol. The predicted molar refractivity (Wildman–Crippen MR) is 34.5 cm³/mol. The van der Waals surface area contributed by atoms with E-state index in [-0.39, 0.29) is 105 Å². The van der Waals surface area contributed by atoms with Gasteiger partial charge in [0.25, 0.3) is 0 Å². The molecule has 0 bridgehead atoms. The van der Waals surface area contributed by atoms with Gasteiger partial charge in [-0.25, -0.2) is 0 Å². The van der Waals surface area contributed by atoms with Gasteiger partial charge in [0.2, 0.25) is 0 Å². The second-order valence-corrected chi connectivity index (χ2v) is 2.47. The van der Waals surface area contributed by atoms with Crippen molar-refractivity contribution in [1.82, 2.24) is 0 Å². The molecule has 0 spiro atoms. The van der Waals surface area contributed by atoms with E-state index in [0.29, 0.717) is 0 Å². The van der Waals surface area contributed by atoms with Gasteiger partial charge in [-0.05, 0) is 0 Å². The van der Waals surface area contributed by atoms with Crippen molar-refractivity contribution in [2.24, 2.45) is 0 Å². The Kier molecular flexibility index (Phi) is 31.2. The van der Waals surface area contributed by atoms with Crippen molar-refractivity contribution in [2.45, 2.75) is 0 Å². The van der Waals surface area contributed by atoms with Gasteiger partial charge >= 0.3 is 138 Å². The third kappa shape index (κ3) is 50.5. The van der Waals surface area contributed by atoms with Crippen LogP contribution in [0.15, 0.2) is 0 Å². The van der Waals surface area contributed by atoms with Crippen LogP contribution >= 0.6 is 0 Å². The van der Waals surface area contributed by atoms with E-state index in [1.54, 1.807) is 0 Å². The normalized spacial score (nSPS) is 7.50. The number of hydrogen-bond donors (Lipinski definition) is 4. The second kappa shape index (κ2) is 11.0. The summed E-state index contributed by atoms with van der Waals surface area (Å²) in [6.45, 7) is 0. The molecule has 0 atom stereocenters. The maximum atomic E-state index is 7.38. The Hall–Kier alpha value is 4.01. The van der Waals surface area contributed by atoms with E-state index in [1.807, 2.05) is 0 Å². The average molecular weight is 491 g/mol. The van der Waals surface area contributed by atoms with Crippen molar-refractivity contribution in [3.8, 4) is 0 Å². The fourth-order valence-corrected chi connectivity index (χ4v) is 0. The Labute approximate surface area is 134 Å². The quantitative estimate of drug-likeness (QED) is 0.256. The Bertz CT molecular complexity index is 31.5. The molecule has 0 aromatic heterocycles. The first-order chi connectivity index (χ1) is 2.00. The van der Waals surface area contributed by atoms with Gasteiger partial charge in [-0.1, -0.05) is 0 Å². The summed E-state index contributed by atoms with van der Waals surface area (Å²) in [7, 11) is 0. The van der Waals surface area contributed by atoms with Gasteiger partial charge in [0, 0.05) is 0 Å². The molecule has 0 saturated heterocycles. The van der Waals surface area contributed by atoms with Gasteiger partial charge in [0.05, 0.1) is 0 Å². The molecule has 0 rings (SSSR count). The summed E-state index contributed by atoms with van der Waals surface area (Å²) in [5.41, 5.74) is 0. The van der Waals surface area contributed by atoms with Crippen molar-refractivity contribution >= 4 is 105 Å². The molecule has 0 aliphatic heterocycles. The molecule has 0 heterocycles. The summed E-state index contributed by atoms with van der Waals surface area (Å²) in [5.74, 6) is 0. The van der Waals surface area contributed by atoms with Gasteiger partial charge in [-0.3, -0.25) is 0 Å². The van der Waals surface area contributed by atoms with Gasteiger partial charge in [0.15, 0.2) is 0 Å². The third-order valence-corrected chi connectivity index (χ3v) is 0. The van der Waals surface area contributed by atoms with E-state index in [9.17, 15) is 0 Å². The van der Waals surface area contributed by atoms with E-state index in [4.69, 9.17) is 14.8 Å². The van der Waals surface area contributed by atoms with Crippen LogP contribution in [-0.2, 0) is 18.1 Å². The molecule has 0 saturated carbocycles. The molecule has 0 unspecified atom stereocenters. The third-order valence-electron chi connectivity index (χ3n) is 0. The molecule has 4 nitrogen and oxygen atoms in total. The number of rotatable bonds is 0. The number of hydrogen-bond acceptors (Lipinski definition) is 4. The summed E-state index contributed by atoms with van der Waals surface area (Å²) in [6.07, 6.45) is 0. The minimum atomic E-state index is -5.00. The van der Waals surface area contributed by atoms with Crippen LogP contribution in [0.1, 0.15) is 0 Å². The molecule has 0 aromatic rings. The Morgan fingerprint density at radius 2 is 0.875 bits per heavy atom. The van der Waals surface area contributed by atoms with Crippen molar-refractivity contribution in [1.29, 1.82) is 0 Å². The maximum absolute atomic E-state index is 7.38. The molecule has 0 aliphatic carbocycles.